The summed E-state index contributed by atoms with van der Waals surface area (Å²) >= 11 is 8.55. The van der Waals surface area contributed by atoms with Gasteiger partial charge in [-0.2, -0.15) is 16.8 Å². The summed E-state index contributed by atoms with van der Waals surface area (Å²) in [4.78, 5) is 21.6. The van der Waals surface area contributed by atoms with E-state index in [1.54, 1.807) is 25.3 Å². The Morgan fingerprint density at radius 2 is 1.05 bits per heavy atom. The van der Waals surface area contributed by atoms with Gasteiger partial charge in [-0.25, -0.2) is 0 Å². The summed E-state index contributed by atoms with van der Waals surface area (Å²) in [6.45, 7) is 2.59. The van der Waals surface area contributed by atoms with Crippen LogP contribution in [0.5, 0.6) is 5.75 Å². The Kier molecular flexibility index (Phi) is 31.0. The van der Waals surface area contributed by atoms with Crippen LogP contribution in [0.1, 0.15) is 274 Å². The van der Waals surface area contributed by atoms with Gasteiger partial charge in [-0.3, -0.25) is 4.79 Å². The Bertz CT molecular complexity index is 1310. The van der Waals surface area contributed by atoms with E-state index in [2.05, 4.69) is 16.7 Å². The number of hydrogen-bond acceptors (Lipinski definition) is 4. The summed E-state index contributed by atoms with van der Waals surface area (Å²) in [5, 5.41) is 0.530. The molecule has 3 saturated heterocycles. The lowest BCUT2D eigenvalue weighted by atomic mass is 9.91. The maximum atomic E-state index is 14.1. The summed E-state index contributed by atoms with van der Waals surface area (Å²) in [5.41, 5.74) is 0.447. The molecular formula is C56H97ClN2O3S. The lowest BCUT2D eigenvalue weighted by Crippen LogP contribution is -2.45. The van der Waals surface area contributed by atoms with Crippen LogP contribution < -0.4 is 4.74 Å². The standard InChI is InChI=1S/C56H97ClN2O3S/c1-61-53-41-40-50(57)47-52(53)55(60)58-54-48-56(43-46-63-56)42-36-34-32-30-28-26-24-22-20-18-16-14-12-10-8-6-4-2-3-5-7-9-11-13-15-17-19-21-23-25-27-29-31-33-35-37-44-59(54)49-51-39-38-45-62-51/h40-41,47,51H,2-39,42-46,48-49H2,1H3. The van der Waals surface area contributed by atoms with Crippen LogP contribution in [0.2, 0.25) is 5.02 Å². The molecule has 3 fully saturated rings. The molecule has 0 bridgehead atoms. The zero-order valence-corrected chi connectivity index (χ0v) is 42.6. The van der Waals surface area contributed by atoms with E-state index in [4.69, 9.17) is 26.1 Å². The Balaban J connectivity index is 1.29. The normalized spacial score (nSPS) is 26.2. The van der Waals surface area contributed by atoms with Gasteiger partial charge in [-0.15, -0.1) is 0 Å². The number of nitrogens with zero attached hydrogens (tertiary/aromatic N) is 2. The maximum Gasteiger partial charge on any atom is 0.282 e. The van der Waals surface area contributed by atoms with Crippen molar-refractivity contribution in [1.82, 2.24) is 4.90 Å². The fourth-order valence-electron chi connectivity index (χ4n) is 10.5. The number of amides is 1. The van der Waals surface area contributed by atoms with E-state index in [1.807, 2.05) is 0 Å². The second kappa shape index (κ2) is 35.9. The number of halogens is 1. The highest BCUT2D eigenvalue weighted by molar-refractivity contribution is 8.02. The van der Waals surface area contributed by atoms with E-state index < -0.39 is 0 Å². The summed E-state index contributed by atoms with van der Waals surface area (Å²) in [6, 6.07) is 5.29. The highest BCUT2D eigenvalue weighted by Crippen LogP contribution is 2.48. The lowest BCUT2D eigenvalue weighted by Gasteiger charge is -2.43. The number of ether oxygens (including phenoxy) is 2. The number of amidine groups is 1. The van der Waals surface area contributed by atoms with Crippen LogP contribution in [-0.2, 0) is 4.74 Å². The molecule has 5 nitrogen and oxygen atoms in total. The Morgan fingerprint density at radius 1 is 0.635 bits per heavy atom. The summed E-state index contributed by atoms with van der Waals surface area (Å²) in [7, 11) is 1.62. The van der Waals surface area contributed by atoms with Crippen LogP contribution in [0.15, 0.2) is 23.2 Å². The second-order valence-electron chi connectivity index (χ2n) is 20.2. The molecule has 0 aromatic heterocycles. The molecule has 1 aromatic rings. The average molecular weight is 914 g/mol. The van der Waals surface area contributed by atoms with Crippen molar-refractivity contribution < 1.29 is 14.3 Å². The monoisotopic (exact) mass is 913 g/mol. The topological polar surface area (TPSA) is 51.1 Å². The number of aliphatic imine (C=N–C) groups is 1. The summed E-state index contributed by atoms with van der Waals surface area (Å²) in [6.07, 6.45) is 56.3. The molecule has 7 heteroatoms. The molecule has 0 aliphatic carbocycles. The number of rotatable bonds is 4. The van der Waals surface area contributed by atoms with Gasteiger partial charge in [0.15, 0.2) is 0 Å². The van der Waals surface area contributed by atoms with Crippen molar-refractivity contribution >= 4 is 35.1 Å². The number of benzene rings is 1. The van der Waals surface area contributed by atoms with Gasteiger partial charge in [0.05, 0.1) is 18.8 Å². The van der Waals surface area contributed by atoms with Gasteiger partial charge in [-0.05, 0) is 56.1 Å². The number of hydrogen-bond donors (Lipinski definition) is 0. The van der Waals surface area contributed by atoms with E-state index >= 15 is 0 Å². The second-order valence-corrected chi connectivity index (χ2v) is 22.2. The summed E-state index contributed by atoms with van der Waals surface area (Å²) in [5.74, 6) is 2.44. The minimum atomic E-state index is -0.247. The van der Waals surface area contributed by atoms with Crippen LogP contribution in [0.4, 0.5) is 0 Å². The number of thioether (sulfide) groups is 1. The third-order valence-corrected chi connectivity index (χ3v) is 16.5. The van der Waals surface area contributed by atoms with Gasteiger partial charge in [0, 0.05) is 35.9 Å². The van der Waals surface area contributed by atoms with E-state index in [-0.39, 0.29) is 16.8 Å². The van der Waals surface area contributed by atoms with Crippen molar-refractivity contribution in [2.75, 3.05) is 32.6 Å². The first-order chi connectivity index (χ1) is 31.1. The highest BCUT2D eigenvalue weighted by Gasteiger charge is 2.40. The summed E-state index contributed by atoms with van der Waals surface area (Å²) < 4.78 is 12.0. The predicted octanol–water partition coefficient (Wildman–Crippen LogP) is 18.1. The van der Waals surface area contributed by atoms with Gasteiger partial charge in [-0.1, -0.05) is 236 Å². The molecule has 4 rings (SSSR count). The molecule has 0 saturated carbocycles. The molecule has 3 aliphatic heterocycles. The molecule has 362 valence electrons. The largest absolute Gasteiger partial charge is 0.496 e. The van der Waals surface area contributed by atoms with Crippen molar-refractivity contribution in [3.05, 3.63) is 28.8 Å². The molecule has 2 unspecified atom stereocenters. The fourth-order valence-corrected chi connectivity index (χ4v) is 11.9. The van der Waals surface area contributed by atoms with Gasteiger partial charge < -0.3 is 14.4 Å². The fraction of sp³-hybridized carbons (Fsp3) is 0.857. The van der Waals surface area contributed by atoms with Gasteiger partial charge in [0.2, 0.25) is 0 Å². The molecular weight excluding hydrogens is 816 g/mol. The molecule has 2 atom stereocenters. The van der Waals surface area contributed by atoms with Crippen LogP contribution in [0.25, 0.3) is 0 Å². The van der Waals surface area contributed by atoms with Gasteiger partial charge in [0.1, 0.15) is 11.6 Å². The van der Waals surface area contributed by atoms with Crippen LogP contribution in [0, 0.1) is 0 Å². The number of methoxy groups -OCH3 is 1. The first kappa shape index (κ1) is 54.4. The van der Waals surface area contributed by atoms with Crippen molar-refractivity contribution in [2.45, 2.75) is 274 Å². The Labute approximate surface area is 398 Å². The SMILES string of the molecule is COc1ccc(Cl)cc1C(=O)N=C1CC2(CCCCCCCCCCCCCCCCCCCCCCCCCCCCCCCCCCCCCCN1CC1CCCO1)CCS2. The van der Waals surface area contributed by atoms with Gasteiger partial charge >= 0.3 is 0 Å². The lowest BCUT2D eigenvalue weighted by molar-refractivity contribution is 0.0892. The third kappa shape index (κ3) is 24.9. The number of carbonyl (C=O) groups excluding carboxylic acids is 1. The van der Waals surface area contributed by atoms with Crippen molar-refractivity contribution in [3.8, 4) is 5.75 Å². The molecule has 0 N–H and O–H groups in total. The first-order valence-corrected chi connectivity index (χ1v) is 28.9. The average Bonchev–Trinajstić information content (AvgIpc) is 3.80. The molecule has 3 aliphatic rings. The Hall–Kier alpha value is -1.24. The van der Waals surface area contributed by atoms with Crippen molar-refractivity contribution in [3.63, 3.8) is 0 Å². The van der Waals surface area contributed by atoms with E-state index in [9.17, 15) is 4.79 Å². The predicted molar refractivity (Wildman–Crippen MR) is 276 cm³/mol. The van der Waals surface area contributed by atoms with E-state index in [1.165, 1.54) is 243 Å². The van der Waals surface area contributed by atoms with Gasteiger partial charge in [0.25, 0.3) is 5.91 Å². The minimum absolute atomic E-state index is 0.165. The van der Waals surface area contributed by atoms with E-state index in [0.717, 1.165) is 51.2 Å². The molecule has 0 radical (unpaired) electrons. The van der Waals surface area contributed by atoms with Crippen LogP contribution in [0.3, 0.4) is 0 Å². The third-order valence-electron chi connectivity index (χ3n) is 14.7. The maximum absolute atomic E-state index is 14.1. The van der Waals surface area contributed by atoms with Crippen molar-refractivity contribution in [1.29, 1.82) is 0 Å². The number of carbonyl (C=O) groups is 1. The molecule has 63 heavy (non-hydrogen) atoms. The van der Waals surface area contributed by atoms with E-state index in [0.29, 0.717) is 16.3 Å². The van der Waals surface area contributed by atoms with Crippen LogP contribution in [-0.4, -0.2) is 60.1 Å². The van der Waals surface area contributed by atoms with Crippen molar-refractivity contribution in [2.24, 2.45) is 4.99 Å². The quantitative estimate of drug-likeness (QED) is 0.301. The molecule has 1 spiro atoms. The smallest absolute Gasteiger partial charge is 0.282 e. The minimum Gasteiger partial charge on any atom is -0.496 e. The Morgan fingerprint density at radius 3 is 1.41 bits per heavy atom. The first-order valence-electron chi connectivity index (χ1n) is 27.5. The molecule has 1 amide bonds. The van der Waals surface area contributed by atoms with Crippen LogP contribution >= 0.6 is 23.4 Å². The zero-order valence-electron chi connectivity index (χ0n) is 41.0. The zero-order chi connectivity index (χ0) is 44.3. The molecule has 3 heterocycles. The highest BCUT2D eigenvalue weighted by atomic mass is 35.5. The molecule has 1 aromatic carbocycles.